The molecule has 2 aliphatic rings. The number of aromatic hydroxyl groups is 1. The smallest absolute Gasteiger partial charge is 0.146 e. The molecule has 2 heterocycles. The van der Waals surface area contributed by atoms with E-state index in [2.05, 4.69) is 4.98 Å². The van der Waals surface area contributed by atoms with Crippen LogP contribution in [0.4, 0.5) is 0 Å². The minimum absolute atomic E-state index is 0.128. The number of phenolic OH excluding ortho intramolecular Hbond substituents is 1. The maximum atomic E-state index is 9.57. The molecule has 6 nitrogen and oxygen atoms in total. The highest BCUT2D eigenvalue weighted by molar-refractivity contribution is 5.71. The summed E-state index contributed by atoms with van der Waals surface area (Å²) in [7, 11) is 0. The molecular formula is C21H24N4O2. The molecule has 3 unspecified atom stereocenters. The number of imidazole rings is 1. The summed E-state index contributed by atoms with van der Waals surface area (Å²) in [5.74, 6) is 1.03. The van der Waals surface area contributed by atoms with Gasteiger partial charge in [-0.25, -0.2) is 4.98 Å². The first-order valence-corrected chi connectivity index (χ1v) is 9.47. The second-order valence-corrected chi connectivity index (χ2v) is 8.08. The number of phenols is 1. The lowest BCUT2D eigenvalue weighted by Crippen LogP contribution is -2.74. The van der Waals surface area contributed by atoms with Gasteiger partial charge in [-0.3, -0.25) is 0 Å². The third-order valence-corrected chi connectivity index (χ3v) is 6.42. The van der Waals surface area contributed by atoms with Crippen LogP contribution in [0, 0.1) is 0 Å². The van der Waals surface area contributed by atoms with Crippen LogP contribution in [-0.2, 0) is 0 Å². The van der Waals surface area contributed by atoms with Gasteiger partial charge in [0.2, 0.25) is 0 Å². The van der Waals surface area contributed by atoms with E-state index in [1.165, 1.54) is 0 Å². The lowest BCUT2D eigenvalue weighted by Gasteiger charge is -2.60. The molecule has 5 rings (SSSR count). The zero-order chi connectivity index (χ0) is 18.6. The second kappa shape index (κ2) is 5.71. The minimum atomic E-state index is -0.400. The van der Waals surface area contributed by atoms with E-state index in [1.54, 1.807) is 18.5 Å². The van der Waals surface area contributed by atoms with Gasteiger partial charge in [-0.2, -0.15) is 0 Å². The molecule has 6 heteroatoms. The van der Waals surface area contributed by atoms with Gasteiger partial charge in [0.1, 0.15) is 22.6 Å². The van der Waals surface area contributed by atoms with Crippen molar-refractivity contribution in [2.24, 2.45) is 11.5 Å². The van der Waals surface area contributed by atoms with Crippen molar-refractivity contribution in [1.29, 1.82) is 0 Å². The fourth-order valence-electron chi connectivity index (χ4n) is 4.65. The van der Waals surface area contributed by atoms with Gasteiger partial charge < -0.3 is 25.7 Å². The molecule has 2 aromatic heterocycles. The number of nitrogens with two attached hydrogens (primary N) is 2. The van der Waals surface area contributed by atoms with Gasteiger partial charge in [0, 0.05) is 24.2 Å². The Balaban J connectivity index is 1.58. The van der Waals surface area contributed by atoms with Gasteiger partial charge in [-0.15, -0.1) is 0 Å². The standard InChI is InChI=1S/C21H24N4O2/c22-16-5-6-20(23)7-8-21(20,10-16)27-19-9-15(12-25-13-24-11-18(19)25)14-1-3-17(26)4-2-14/h1-4,9,11-13,16,26H,5-8,10,22-23H2. The highest BCUT2D eigenvalue weighted by atomic mass is 16.5. The highest BCUT2D eigenvalue weighted by Crippen LogP contribution is 2.53. The lowest BCUT2D eigenvalue weighted by molar-refractivity contribution is -0.120. The number of nitrogens with zero attached hydrogens (tertiary/aromatic N) is 2. The average Bonchev–Trinajstić information content (AvgIpc) is 3.13. The predicted octanol–water partition coefficient (Wildman–Crippen LogP) is 2.83. The summed E-state index contributed by atoms with van der Waals surface area (Å²) in [5.41, 5.74) is 15.2. The number of ether oxygens (including phenoxy) is 1. The number of hydrogen-bond donors (Lipinski definition) is 3. The lowest BCUT2D eigenvalue weighted by atomic mass is 9.55. The molecule has 27 heavy (non-hydrogen) atoms. The van der Waals surface area contributed by atoms with Crippen LogP contribution < -0.4 is 16.2 Å². The Labute approximate surface area is 157 Å². The maximum absolute atomic E-state index is 9.57. The summed E-state index contributed by atoms with van der Waals surface area (Å²) in [6.07, 6.45) is 10.2. The first kappa shape index (κ1) is 16.6. The van der Waals surface area contributed by atoms with E-state index in [1.807, 2.05) is 35.0 Å². The monoisotopic (exact) mass is 364 g/mol. The van der Waals surface area contributed by atoms with E-state index in [0.29, 0.717) is 0 Å². The van der Waals surface area contributed by atoms with Gasteiger partial charge in [0.15, 0.2) is 0 Å². The molecule has 2 aliphatic carbocycles. The Kier molecular flexibility index (Phi) is 3.51. The number of benzene rings is 1. The van der Waals surface area contributed by atoms with Crippen LogP contribution in [0.15, 0.2) is 49.1 Å². The molecule has 0 spiro atoms. The third-order valence-electron chi connectivity index (χ3n) is 6.42. The van der Waals surface area contributed by atoms with Crippen LogP contribution in [0.2, 0.25) is 0 Å². The Bertz CT molecular complexity index is 999. The molecule has 0 bridgehead atoms. The Morgan fingerprint density at radius 2 is 1.96 bits per heavy atom. The minimum Gasteiger partial charge on any atom is -0.508 e. The Hall–Kier alpha value is -2.57. The zero-order valence-electron chi connectivity index (χ0n) is 15.1. The highest BCUT2D eigenvalue weighted by Gasteiger charge is 2.61. The molecule has 2 fully saturated rings. The van der Waals surface area contributed by atoms with Crippen LogP contribution in [0.5, 0.6) is 11.5 Å². The number of rotatable bonds is 3. The van der Waals surface area contributed by atoms with Crippen LogP contribution >= 0.6 is 0 Å². The molecular weight excluding hydrogens is 340 g/mol. The molecule has 3 aromatic rings. The van der Waals surface area contributed by atoms with Crippen molar-refractivity contribution in [3.63, 3.8) is 0 Å². The van der Waals surface area contributed by atoms with Crippen molar-refractivity contribution in [3.05, 3.63) is 49.1 Å². The van der Waals surface area contributed by atoms with E-state index in [4.69, 9.17) is 16.2 Å². The second-order valence-electron chi connectivity index (χ2n) is 8.08. The number of aromatic nitrogens is 2. The first-order valence-electron chi connectivity index (χ1n) is 9.47. The van der Waals surface area contributed by atoms with Gasteiger partial charge in [-0.1, -0.05) is 12.1 Å². The van der Waals surface area contributed by atoms with Crippen molar-refractivity contribution in [1.82, 2.24) is 9.38 Å². The van der Waals surface area contributed by atoms with Crippen molar-refractivity contribution < 1.29 is 9.84 Å². The average molecular weight is 364 g/mol. The molecule has 1 aromatic carbocycles. The van der Waals surface area contributed by atoms with Gasteiger partial charge in [-0.05, 0) is 49.4 Å². The summed E-state index contributed by atoms with van der Waals surface area (Å²) < 4.78 is 8.62. The molecule has 2 saturated carbocycles. The largest absolute Gasteiger partial charge is 0.508 e. The van der Waals surface area contributed by atoms with E-state index in [-0.39, 0.29) is 17.3 Å². The Morgan fingerprint density at radius 3 is 2.70 bits per heavy atom. The van der Waals surface area contributed by atoms with Gasteiger partial charge in [0.25, 0.3) is 0 Å². The van der Waals surface area contributed by atoms with Crippen LogP contribution in [0.1, 0.15) is 32.1 Å². The quantitative estimate of drug-likeness (QED) is 0.664. The molecule has 0 amide bonds. The maximum Gasteiger partial charge on any atom is 0.146 e. The van der Waals surface area contributed by atoms with Crippen molar-refractivity contribution >= 4 is 5.52 Å². The van der Waals surface area contributed by atoms with Crippen molar-refractivity contribution in [2.45, 2.75) is 49.3 Å². The third kappa shape index (κ3) is 2.51. The van der Waals surface area contributed by atoms with Gasteiger partial charge in [0.05, 0.1) is 18.1 Å². The summed E-state index contributed by atoms with van der Waals surface area (Å²) in [4.78, 5) is 4.28. The van der Waals surface area contributed by atoms with Gasteiger partial charge >= 0.3 is 0 Å². The van der Waals surface area contributed by atoms with Crippen molar-refractivity contribution in [2.75, 3.05) is 0 Å². The van der Waals surface area contributed by atoms with E-state index < -0.39 is 5.60 Å². The molecule has 5 N–H and O–H groups in total. The molecule has 0 aliphatic heterocycles. The summed E-state index contributed by atoms with van der Waals surface area (Å²) in [5, 5.41) is 9.57. The number of fused-ring (bicyclic) bond motifs is 2. The zero-order valence-corrected chi connectivity index (χ0v) is 15.1. The number of pyridine rings is 1. The van der Waals surface area contributed by atoms with E-state index >= 15 is 0 Å². The molecule has 140 valence electrons. The molecule has 3 atom stereocenters. The summed E-state index contributed by atoms with van der Waals surface area (Å²) in [6, 6.07) is 9.32. The van der Waals surface area contributed by atoms with Crippen molar-refractivity contribution in [3.8, 4) is 22.6 Å². The first-order chi connectivity index (χ1) is 13.0. The summed E-state index contributed by atoms with van der Waals surface area (Å²) in [6.45, 7) is 0. The Morgan fingerprint density at radius 1 is 1.15 bits per heavy atom. The van der Waals surface area contributed by atoms with Crippen LogP contribution in [0.3, 0.4) is 0 Å². The molecule has 0 radical (unpaired) electrons. The van der Waals surface area contributed by atoms with Crippen LogP contribution in [-0.4, -0.2) is 31.7 Å². The number of hydrogen-bond acceptors (Lipinski definition) is 5. The topological polar surface area (TPSA) is 98.8 Å². The van der Waals surface area contributed by atoms with E-state index in [0.717, 1.165) is 54.5 Å². The molecule has 0 saturated heterocycles. The predicted molar refractivity (Wildman–Crippen MR) is 104 cm³/mol. The fraction of sp³-hybridized carbons (Fsp3) is 0.381. The SMILES string of the molecule is NC1CCC2(N)CCC2(Oc2cc(-c3ccc(O)cc3)cn3cncc23)C1. The van der Waals surface area contributed by atoms with E-state index in [9.17, 15) is 5.11 Å². The normalized spacial score (nSPS) is 29.9. The fourth-order valence-corrected chi connectivity index (χ4v) is 4.65. The summed E-state index contributed by atoms with van der Waals surface area (Å²) >= 11 is 0. The van der Waals surface area contributed by atoms with Crippen LogP contribution in [0.25, 0.3) is 16.6 Å².